The summed E-state index contributed by atoms with van der Waals surface area (Å²) in [4.78, 5) is 6.71. The lowest BCUT2D eigenvalue weighted by Crippen LogP contribution is -2.17. The maximum Gasteiger partial charge on any atom is 0.107 e. The van der Waals surface area contributed by atoms with Crippen LogP contribution in [0.1, 0.15) is 21.8 Å². The number of aromatic nitrogens is 1. The zero-order valence-corrected chi connectivity index (χ0v) is 11.9. The lowest BCUT2D eigenvalue weighted by Gasteiger charge is -2.19. The van der Waals surface area contributed by atoms with Crippen LogP contribution in [0.15, 0.2) is 23.6 Å². The number of aryl methyl sites for hydroxylation is 2. The third-order valence-electron chi connectivity index (χ3n) is 2.82. The summed E-state index contributed by atoms with van der Waals surface area (Å²) in [7, 11) is 2.09. The normalized spacial score (nSPS) is 10.7. The molecule has 0 saturated carbocycles. The minimum absolute atomic E-state index is 0.526. The number of benzene rings is 1. The second-order valence-electron chi connectivity index (χ2n) is 4.64. The molecule has 0 unspecified atom stereocenters. The molecule has 0 amide bonds. The van der Waals surface area contributed by atoms with Crippen molar-refractivity contribution in [3.8, 4) is 0 Å². The standard InChI is InChI=1S/C14H19N3S/c1-10-4-11(2)6-13(5-10)17(3)8-12-9-18-14(7-15)16-12/h4-6,9H,7-8,15H2,1-3H3. The second kappa shape index (κ2) is 5.50. The first-order valence-corrected chi connectivity index (χ1v) is 6.89. The summed E-state index contributed by atoms with van der Waals surface area (Å²) in [5, 5.41) is 3.08. The first-order valence-electron chi connectivity index (χ1n) is 6.01. The summed E-state index contributed by atoms with van der Waals surface area (Å²) in [6.45, 7) is 5.59. The van der Waals surface area contributed by atoms with Crippen LogP contribution in [0.3, 0.4) is 0 Å². The molecule has 18 heavy (non-hydrogen) atoms. The highest BCUT2D eigenvalue weighted by Gasteiger charge is 2.06. The SMILES string of the molecule is Cc1cc(C)cc(N(C)Cc2csc(CN)n2)c1. The molecule has 2 rings (SSSR count). The van der Waals surface area contributed by atoms with E-state index >= 15 is 0 Å². The van der Waals surface area contributed by atoms with Gasteiger partial charge in [0.2, 0.25) is 0 Å². The van der Waals surface area contributed by atoms with E-state index in [1.165, 1.54) is 16.8 Å². The summed E-state index contributed by atoms with van der Waals surface area (Å²) in [5.74, 6) is 0. The first kappa shape index (κ1) is 13.1. The van der Waals surface area contributed by atoms with Crippen molar-refractivity contribution < 1.29 is 0 Å². The summed E-state index contributed by atoms with van der Waals surface area (Å²) >= 11 is 1.63. The highest BCUT2D eigenvalue weighted by Crippen LogP contribution is 2.20. The van der Waals surface area contributed by atoms with Gasteiger partial charge in [-0.05, 0) is 37.1 Å². The molecule has 0 radical (unpaired) electrons. The molecule has 1 aromatic heterocycles. The molecule has 2 N–H and O–H groups in total. The second-order valence-corrected chi connectivity index (χ2v) is 5.58. The van der Waals surface area contributed by atoms with E-state index in [1.807, 2.05) is 0 Å². The molecule has 0 aliphatic heterocycles. The molecule has 0 bridgehead atoms. The zero-order chi connectivity index (χ0) is 13.1. The van der Waals surface area contributed by atoms with Gasteiger partial charge in [0.05, 0.1) is 12.2 Å². The van der Waals surface area contributed by atoms with Crippen molar-refractivity contribution in [2.45, 2.75) is 26.9 Å². The average Bonchev–Trinajstić information content (AvgIpc) is 2.75. The molecular formula is C14H19N3S. The largest absolute Gasteiger partial charge is 0.369 e. The minimum Gasteiger partial charge on any atom is -0.369 e. The lowest BCUT2D eigenvalue weighted by atomic mass is 10.1. The Kier molecular flexibility index (Phi) is 3.99. The van der Waals surface area contributed by atoms with E-state index in [-0.39, 0.29) is 0 Å². The van der Waals surface area contributed by atoms with Crippen molar-refractivity contribution in [1.29, 1.82) is 0 Å². The van der Waals surface area contributed by atoms with Crippen LogP contribution >= 0.6 is 11.3 Å². The summed E-state index contributed by atoms with van der Waals surface area (Å²) < 4.78 is 0. The molecule has 2 aromatic rings. The Hall–Kier alpha value is -1.39. The quantitative estimate of drug-likeness (QED) is 0.920. The Morgan fingerprint density at radius 1 is 1.22 bits per heavy atom. The highest BCUT2D eigenvalue weighted by atomic mass is 32.1. The first-order chi connectivity index (χ1) is 8.58. The van der Waals surface area contributed by atoms with E-state index in [4.69, 9.17) is 5.73 Å². The van der Waals surface area contributed by atoms with Crippen molar-refractivity contribution in [3.05, 3.63) is 45.4 Å². The van der Waals surface area contributed by atoms with Gasteiger partial charge in [-0.3, -0.25) is 0 Å². The lowest BCUT2D eigenvalue weighted by molar-refractivity contribution is 0.878. The topological polar surface area (TPSA) is 42.1 Å². The van der Waals surface area contributed by atoms with E-state index in [1.54, 1.807) is 11.3 Å². The van der Waals surface area contributed by atoms with E-state index in [0.717, 1.165) is 17.2 Å². The van der Waals surface area contributed by atoms with Crippen molar-refractivity contribution >= 4 is 17.0 Å². The van der Waals surface area contributed by atoms with Crippen molar-refractivity contribution in [2.75, 3.05) is 11.9 Å². The van der Waals surface area contributed by atoms with Crippen LogP contribution < -0.4 is 10.6 Å². The molecular weight excluding hydrogens is 242 g/mol. The Labute approximate surface area is 112 Å². The van der Waals surface area contributed by atoms with Crippen LogP contribution in [-0.2, 0) is 13.1 Å². The van der Waals surface area contributed by atoms with E-state index in [0.29, 0.717) is 6.54 Å². The highest BCUT2D eigenvalue weighted by molar-refractivity contribution is 7.09. The van der Waals surface area contributed by atoms with Gasteiger partial charge in [-0.25, -0.2) is 4.98 Å². The summed E-state index contributed by atoms with van der Waals surface area (Å²) in [5.41, 5.74) is 10.5. The van der Waals surface area contributed by atoms with Crippen LogP contribution in [-0.4, -0.2) is 12.0 Å². The molecule has 0 aliphatic carbocycles. The van der Waals surface area contributed by atoms with Gasteiger partial charge in [-0.1, -0.05) is 6.07 Å². The summed E-state index contributed by atoms with van der Waals surface area (Å²) in [6, 6.07) is 6.58. The van der Waals surface area contributed by atoms with Gasteiger partial charge in [-0.15, -0.1) is 11.3 Å². The number of thiazole rings is 1. The van der Waals surface area contributed by atoms with Crippen LogP contribution in [0.25, 0.3) is 0 Å². The monoisotopic (exact) mass is 261 g/mol. The molecule has 1 aromatic carbocycles. The van der Waals surface area contributed by atoms with Gasteiger partial charge in [-0.2, -0.15) is 0 Å². The van der Waals surface area contributed by atoms with Crippen molar-refractivity contribution in [3.63, 3.8) is 0 Å². The minimum atomic E-state index is 0.526. The smallest absolute Gasteiger partial charge is 0.107 e. The average molecular weight is 261 g/mol. The van der Waals surface area contributed by atoms with Gasteiger partial charge in [0.25, 0.3) is 0 Å². The van der Waals surface area contributed by atoms with Crippen LogP contribution in [0.5, 0.6) is 0 Å². The fraction of sp³-hybridized carbons (Fsp3) is 0.357. The number of hydrogen-bond acceptors (Lipinski definition) is 4. The third-order valence-corrected chi connectivity index (χ3v) is 3.74. The molecule has 0 spiro atoms. The zero-order valence-electron chi connectivity index (χ0n) is 11.1. The fourth-order valence-electron chi connectivity index (χ4n) is 2.02. The predicted octanol–water partition coefficient (Wildman–Crippen LogP) is 2.86. The fourth-order valence-corrected chi connectivity index (χ4v) is 2.69. The maximum absolute atomic E-state index is 5.58. The third kappa shape index (κ3) is 3.09. The van der Waals surface area contributed by atoms with Gasteiger partial charge in [0.1, 0.15) is 5.01 Å². The van der Waals surface area contributed by atoms with E-state index in [2.05, 4.69) is 54.4 Å². The molecule has 0 fully saturated rings. The Bertz CT molecular complexity index is 513. The number of nitrogens with two attached hydrogens (primary N) is 1. The van der Waals surface area contributed by atoms with Gasteiger partial charge in [0.15, 0.2) is 0 Å². The van der Waals surface area contributed by atoms with Crippen LogP contribution in [0.2, 0.25) is 0 Å². The van der Waals surface area contributed by atoms with E-state index < -0.39 is 0 Å². The predicted molar refractivity (Wildman–Crippen MR) is 78.0 cm³/mol. The van der Waals surface area contributed by atoms with Gasteiger partial charge >= 0.3 is 0 Å². The van der Waals surface area contributed by atoms with Gasteiger partial charge < -0.3 is 10.6 Å². The Balaban J connectivity index is 2.13. The van der Waals surface area contributed by atoms with Crippen LogP contribution in [0, 0.1) is 13.8 Å². The number of anilines is 1. The van der Waals surface area contributed by atoms with E-state index in [9.17, 15) is 0 Å². The summed E-state index contributed by atoms with van der Waals surface area (Å²) in [6.07, 6.45) is 0. The molecule has 1 heterocycles. The number of rotatable bonds is 4. The van der Waals surface area contributed by atoms with Crippen molar-refractivity contribution in [2.24, 2.45) is 5.73 Å². The molecule has 3 nitrogen and oxygen atoms in total. The number of nitrogens with zero attached hydrogens (tertiary/aromatic N) is 2. The molecule has 4 heteroatoms. The Morgan fingerprint density at radius 2 is 1.89 bits per heavy atom. The van der Waals surface area contributed by atoms with Gasteiger partial charge in [0, 0.05) is 24.7 Å². The van der Waals surface area contributed by atoms with Crippen LogP contribution in [0.4, 0.5) is 5.69 Å². The molecule has 96 valence electrons. The van der Waals surface area contributed by atoms with Crippen molar-refractivity contribution in [1.82, 2.24) is 4.98 Å². The Morgan fingerprint density at radius 3 is 2.44 bits per heavy atom. The molecule has 0 saturated heterocycles. The molecule has 0 atom stereocenters. The number of hydrogen-bond donors (Lipinski definition) is 1. The maximum atomic E-state index is 5.58. The molecule has 0 aliphatic rings.